The van der Waals surface area contributed by atoms with E-state index in [4.69, 9.17) is 9.47 Å². The minimum atomic E-state index is -1.09. The van der Waals surface area contributed by atoms with E-state index in [2.05, 4.69) is 42.1 Å². The van der Waals surface area contributed by atoms with Gasteiger partial charge in [0.1, 0.15) is 24.5 Å². The second-order valence-electron chi connectivity index (χ2n) is 13.9. The smallest absolute Gasteiger partial charge is 0.257 e. The second kappa shape index (κ2) is 20.4. The van der Waals surface area contributed by atoms with Crippen LogP contribution in [-0.4, -0.2) is 94.7 Å². The summed E-state index contributed by atoms with van der Waals surface area (Å²) >= 11 is 0. The van der Waals surface area contributed by atoms with Crippen LogP contribution in [0.1, 0.15) is 60.2 Å². The largest absolute Gasteiger partial charge is 0.493 e. The third-order valence-electron chi connectivity index (χ3n) is 9.26. The highest BCUT2D eigenvalue weighted by atomic mass is 16.5. The number of nitrogens with zero attached hydrogens (tertiary/aromatic N) is 4. The van der Waals surface area contributed by atoms with Crippen LogP contribution in [0, 0.1) is 5.92 Å². The molecule has 0 saturated carbocycles. The van der Waals surface area contributed by atoms with Crippen LogP contribution in [0.5, 0.6) is 11.5 Å². The average Bonchev–Trinajstić information content (AvgIpc) is 3.71. The Morgan fingerprint density at radius 3 is 2.39 bits per heavy atom. The zero-order valence-electron chi connectivity index (χ0n) is 31.8. The Labute approximate surface area is 325 Å². The molecule has 5 amide bonds. The normalized spacial score (nSPS) is 19.2. The van der Waals surface area contributed by atoms with E-state index in [9.17, 15) is 24.0 Å². The van der Waals surface area contributed by atoms with Crippen LogP contribution < -0.4 is 36.1 Å². The highest BCUT2D eigenvalue weighted by Crippen LogP contribution is 2.28. The molecule has 1 aliphatic heterocycles. The number of ether oxygens (including phenoxy) is 2. The number of aryl methyl sites for hydroxylation is 1. The number of hydrogen-bond acceptors (Lipinski definition) is 10. The number of rotatable bonds is 8. The molecule has 2 heterocycles. The topological polar surface area (TPSA) is 208 Å². The van der Waals surface area contributed by atoms with E-state index in [-0.39, 0.29) is 43.7 Å². The molecule has 1 aliphatic rings. The molecule has 296 valence electrons. The van der Waals surface area contributed by atoms with Gasteiger partial charge in [0.15, 0.2) is 18.1 Å². The fraction of sp³-hybridized carbons (Fsp3) is 0.400. The molecule has 5 N–H and O–H groups in total. The number of aromatic nitrogens is 4. The number of fused-ring (bicyclic) bond motifs is 2. The van der Waals surface area contributed by atoms with Gasteiger partial charge in [0.05, 0.1) is 13.7 Å². The lowest BCUT2D eigenvalue weighted by Gasteiger charge is -2.27. The van der Waals surface area contributed by atoms with Gasteiger partial charge in [-0.15, -0.1) is 5.10 Å². The third kappa shape index (κ3) is 12.1. The molecule has 0 fully saturated rings. The molecule has 0 radical (unpaired) electrons. The number of amides is 5. The minimum Gasteiger partial charge on any atom is -0.493 e. The Kier molecular flexibility index (Phi) is 14.9. The van der Waals surface area contributed by atoms with E-state index in [0.717, 1.165) is 16.7 Å². The van der Waals surface area contributed by atoms with Crippen molar-refractivity contribution in [2.45, 2.75) is 70.6 Å². The monoisotopic (exact) mass is 767 g/mol. The van der Waals surface area contributed by atoms with Gasteiger partial charge in [-0.2, -0.15) is 0 Å². The number of benzene rings is 3. The lowest BCUT2D eigenvalue weighted by atomic mass is 10.00. The molecule has 4 aromatic rings. The van der Waals surface area contributed by atoms with Gasteiger partial charge in [-0.1, -0.05) is 62.4 Å². The lowest BCUT2D eigenvalue weighted by Crippen LogP contribution is -2.58. The molecule has 0 spiro atoms. The van der Waals surface area contributed by atoms with Crippen molar-refractivity contribution < 1.29 is 33.4 Å². The van der Waals surface area contributed by atoms with Gasteiger partial charge >= 0.3 is 0 Å². The van der Waals surface area contributed by atoms with Crippen LogP contribution >= 0.6 is 0 Å². The lowest BCUT2D eigenvalue weighted by molar-refractivity contribution is -0.133. The van der Waals surface area contributed by atoms with Crippen molar-refractivity contribution in [3.8, 4) is 11.5 Å². The Balaban J connectivity index is 1.37. The molecule has 56 heavy (non-hydrogen) atoms. The second-order valence-corrected chi connectivity index (χ2v) is 13.9. The summed E-state index contributed by atoms with van der Waals surface area (Å²) in [6.45, 7) is 4.33. The molecule has 1 aromatic heterocycles. The standard InChI is InChI=1S/C40H49N9O7/c1-26(2)36-40(54)42-20-7-11-28-15-18-33(55-3)34(22-28)56-24-35(50)41-19-8-12-31(38(52)45-32(39(53)46-36)21-27-9-5-4-6-10-27)44-37(51)30-16-13-29(14-17-30)23-49-25-43-47-48-49/h4-6,9-10,13-18,22,25-26,31-32,36H,7-8,11-12,19-21,23-24H2,1-3H3,(H,41,50)(H,42,54)(H,44,51)(H,45,52)(H,46,53)/t31-,32-,36+/m0/s1. The van der Waals surface area contributed by atoms with Crippen LogP contribution in [0.4, 0.5) is 0 Å². The number of carbonyl (C=O) groups is 5. The summed E-state index contributed by atoms with van der Waals surface area (Å²) in [4.78, 5) is 67.8. The van der Waals surface area contributed by atoms with Gasteiger partial charge in [0, 0.05) is 25.1 Å². The van der Waals surface area contributed by atoms with Crippen LogP contribution in [-0.2, 0) is 38.6 Å². The van der Waals surface area contributed by atoms with Crippen molar-refractivity contribution in [3.05, 3.63) is 101 Å². The highest BCUT2D eigenvalue weighted by Gasteiger charge is 2.31. The van der Waals surface area contributed by atoms with Crippen molar-refractivity contribution in [3.63, 3.8) is 0 Å². The predicted molar refractivity (Wildman–Crippen MR) is 206 cm³/mol. The molecular formula is C40H49N9O7. The fourth-order valence-electron chi connectivity index (χ4n) is 6.16. The Bertz CT molecular complexity index is 1920. The van der Waals surface area contributed by atoms with E-state index in [1.54, 1.807) is 41.1 Å². The Morgan fingerprint density at radius 1 is 0.911 bits per heavy atom. The molecule has 5 rings (SSSR count). The van der Waals surface area contributed by atoms with E-state index in [1.165, 1.54) is 13.4 Å². The number of methoxy groups -OCH3 is 1. The van der Waals surface area contributed by atoms with Crippen LogP contribution in [0.25, 0.3) is 0 Å². The predicted octanol–water partition coefficient (Wildman–Crippen LogP) is 1.73. The van der Waals surface area contributed by atoms with Crippen molar-refractivity contribution in [1.82, 2.24) is 46.8 Å². The van der Waals surface area contributed by atoms with Crippen molar-refractivity contribution >= 4 is 29.5 Å². The first kappa shape index (κ1) is 40.9. The molecule has 3 atom stereocenters. The van der Waals surface area contributed by atoms with Crippen molar-refractivity contribution in [2.24, 2.45) is 5.92 Å². The number of carbonyl (C=O) groups excluding carboxylic acids is 5. The summed E-state index contributed by atoms with van der Waals surface area (Å²) in [7, 11) is 1.51. The molecule has 16 heteroatoms. The van der Waals surface area contributed by atoms with Gasteiger partial charge in [-0.25, -0.2) is 4.68 Å². The van der Waals surface area contributed by atoms with Crippen molar-refractivity contribution in [1.29, 1.82) is 0 Å². The molecule has 0 aliphatic carbocycles. The minimum absolute atomic E-state index is 0.128. The van der Waals surface area contributed by atoms with Gasteiger partial charge in [0.2, 0.25) is 17.7 Å². The van der Waals surface area contributed by atoms with Crippen LogP contribution in [0.15, 0.2) is 79.1 Å². The van der Waals surface area contributed by atoms with Gasteiger partial charge in [-0.05, 0) is 83.0 Å². The van der Waals surface area contributed by atoms with Gasteiger partial charge < -0.3 is 36.1 Å². The van der Waals surface area contributed by atoms with E-state index < -0.39 is 35.8 Å². The zero-order valence-corrected chi connectivity index (χ0v) is 31.8. The van der Waals surface area contributed by atoms with Crippen LogP contribution in [0.3, 0.4) is 0 Å². The molecular weight excluding hydrogens is 718 g/mol. The summed E-state index contributed by atoms with van der Waals surface area (Å²) in [6, 6.07) is 18.4. The average molecular weight is 768 g/mol. The number of hydrogen-bond donors (Lipinski definition) is 5. The molecule has 2 bridgehead atoms. The summed E-state index contributed by atoms with van der Waals surface area (Å²) in [5, 5.41) is 25.4. The number of nitrogens with one attached hydrogen (secondary N) is 5. The Morgan fingerprint density at radius 2 is 1.68 bits per heavy atom. The summed E-state index contributed by atoms with van der Waals surface area (Å²) in [5.41, 5.74) is 2.88. The quantitative estimate of drug-likeness (QED) is 0.176. The first-order valence-electron chi connectivity index (χ1n) is 18.7. The number of tetrazole rings is 1. The molecule has 3 aromatic carbocycles. The molecule has 0 unspecified atom stereocenters. The molecule has 16 nitrogen and oxygen atoms in total. The zero-order chi connectivity index (χ0) is 39.9. The third-order valence-corrected chi connectivity index (χ3v) is 9.26. The maximum atomic E-state index is 14.1. The van der Waals surface area contributed by atoms with Crippen LogP contribution in [0.2, 0.25) is 0 Å². The first-order valence-corrected chi connectivity index (χ1v) is 18.7. The maximum Gasteiger partial charge on any atom is 0.257 e. The van der Waals surface area contributed by atoms with Gasteiger partial charge in [0.25, 0.3) is 11.8 Å². The first-order chi connectivity index (χ1) is 27.1. The summed E-state index contributed by atoms with van der Waals surface area (Å²) in [5.74, 6) is -1.76. The van der Waals surface area contributed by atoms with E-state index in [1.807, 2.05) is 50.2 Å². The van der Waals surface area contributed by atoms with Crippen molar-refractivity contribution in [2.75, 3.05) is 26.8 Å². The maximum absolute atomic E-state index is 14.1. The van der Waals surface area contributed by atoms with E-state index in [0.29, 0.717) is 49.4 Å². The van der Waals surface area contributed by atoms with E-state index >= 15 is 0 Å². The summed E-state index contributed by atoms with van der Waals surface area (Å²) < 4.78 is 12.8. The summed E-state index contributed by atoms with van der Waals surface area (Å²) in [6.07, 6.45) is 3.26. The Hall–Kier alpha value is -6.32. The SMILES string of the molecule is COc1ccc2cc1OCC(=O)NCCC[C@H](NC(=O)c1ccc(Cn3cnnn3)cc1)C(=O)N[C@@H](Cc1ccccc1)C(=O)N[C@H](C(C)C)C(=O)NCCC2. The fourth-order valence-corrected chi connectivity index (χ4v) is 6.16. The molecule has 0 saturated heterocycles. The van der Waals surface area contributed by atoms with Gasteiger partial charge in [-0.3, -0.25) is 24.0 Å². The highest BCUT2D eigenvalue weighted by molar-refractivity contribution is 5.99.